The van der Waals surface area contributed by atoms with Crippen LogP contribution in [0.1, 0.15) is 0 Å². The smallest absolute Gasteiger partial charge is 0.294 e. The molecule has 0 heterocycles. The standard InChI is InChI=1S/C19H17N3O5S/c1-27-16-9-7-14(8-10-16)20-18-12-11-17(13-19(18)22(23)24)28(25,26)21-15-5-3-2-4-6-15/h2-13,20-21H,1H3. The van der Waals surface area contributed by atoms with E-state index >= 15 is 0 Å². The average Bonchev–Trinajstić information content (AvgIpc) is 2.69. The van der Waals surface area contributed by atoms with Gasteiger partial charge >= 0.3 is 0 Å². The van der Waals surface area contributed by atoms with Gasteiger partial charge in [-0.05, 0) is 48.5 Å². The van der Waals surface area contributed by atoms with E-state index in [2.05, 4.69) is 10.0 Å². The van der Waals surface area contributed by atoms with Gasteiger partial charge in [-0.3, -0.25) is 14.8 Å². The topological polar surface area (TPSA) is 111 Å². The van der Waals surface area contributed by atoms with E-state index in [4.69, 9.17) is 4.74 Å². The molecule has 144 valence electrons. The summed E-state index contributed by atoms with van der Waals surface area (Å²) in [6.45, 7) is 0. The Hall–Kier alpha value is -3.59. The normalized spacial score (nSPS) is 10.9. The van der Waals surface area contributed by atoms with Gasteiger partial charge in [-0.2, -0.15) is 0 Å². The van der Waals surface area contributed by atoms with Gasteiger partial charge in [0.1, 0.15) is 11.4 Å². The van der Waals surface area contributed by atoms with Crippen LogP contribution in [0.5, 0.6) is 5.75 Å². The number of para-hydroxylation sites is 1. The molecule has 0 saturated carbocycles. The summed E-state index contributed by atoms with van der Waals surface area (Å²) in [6.07, 6.45) is 0. The maximum absolute atomic E-state index is 12.5. The first kappa shape index (κ1) is 19.2. The van der Waals surface area contributed by atoms with Crippen LogP contribution in [0.4, 0.5) is 22.7 Å². The van der Waals surface area contributed by atoms with Gasteiger partial charge in [0.05, 0.1) is 16.9 Å². The minimum Gasteiger partial charge on any atom is -0.497 e. The molecule has 8 nitrogen and oxygen atoms in total. The molecule has 0 spiro atoms. The minimum atomic E-state index is -3.97. The van der Waals surface area contributed by atoms with Crippen molar-refractivity contribution in [3.8, 4) is 5.75 Å². The number of nitrogens with zero attached hydrogens (tertiary/aromatic N) is 1. The van der Waals surface area contributed by atoms with Crippen LogP contribution >= 0.6 is 0 Å². The van der Waals surface area contributed by atoms with Crippen molar-refractivity contribution >= 4 is 32.8 Å². The molecule has 0 aliphatic heterocycles. The molecule has 0 amide bonds. The van der Waals surface area contributed by atoms with E-state index in [1.54, 1.807) is 54.6 Å². The van der Waals surface area contributed by atoms with Crippen molar-refractivity contribution in [2.24, 2.45) is 0 Å². The van der Waals surface area contributed by atoms with E-state index < -0.39 is 14.9 Å². The largest absolute Gasteiger partial charge is 0.497 e. The van der Waals surface area contributed by atoms with Gasteiger partial charge in [0, 0.05) is 17.4 Å². The lowest BCUT2D eigenvalue weighted by molar-refractivity contribution is -0.384. The first-order valence-electron chi connectivity index (χ1n) is 8.16. The molecule has 28 heavy (non-hydrogen) atoms. The molecule has 0 aliphatic rings. The Morgan fingerprint density at radius 1 is 0.929 bits per heavy atom. The number of hydrogen-bond donors (Lipinski definition) is 2. The predicted molar refractivity (Wildman–Crippen MR) is 107 cm³/mol. The fraction of sp³-hybridized carbons (Fsp3) is 0.0526. The van der Waals surface area contributed by atoms with Gasteiger partial charge in [-0.15, -0.1) is 0 Å². The Bertz CT molecular complexity index is 1080. The zero-order valence-corrected chi connectivity index (χ0v) is 15.6. The molecule has 0 fully saturated rings. The number of sulfonamides is 1. The lowest BCUT2D eigenvalue weighted by Crippen LogP contribution is -2.13. The van der Waals surface area contributed by atoms with Crippen molar-refractivity contribution < 1.29 is 18.1 Å². The van der Waals surface area contributed by atoms with E-state index in [0.717, 1.165) is 6.07 Å². The SMILES string of the molecule is COc1ccc(Nc2ccc(S(=O)(=O)Nc3ccccc3)cc2[N+](=O)[O-])cc1. The minimum absolute atomic E-state index is 0.175. The summed E-state index contributed by atoms with van der Waals surface area (Å²) in [4.78, 5) is 10.6. The molecular weight excluding hydrogens is 382 g/mol. The first-order valence-corrected chi connectivity index (χ1v) is 9.65. The van der Waals surface area contributed by atoms with Gasteiger partial charge in [-0.25, -0.2) is 8.42 Å². The van der Waals surface area contributed by atoms with Crippen LogP contribution < -0.4 is 14.8 Å². The van der Waals surface area contributed by atoms with E-state index in [1.165, 1.54) is 19.2 Å². The second-order valence-corrected chi connectivity index (χ2v) is 7.44. The molecule has 0 aromatic heterocycles. The van der Waals surface area contributed by atoms with Crippen molar-refractivity contribution in [2.45, 2.75) is 4.90 Å². The maximum atomic E-state index is 12.5. The van der Waals surface area contributed by atoms with E-state index in [0.29, 0.717) is 17.1 Å². The van der Waals surface area contributed by atoms with Crippen molar-refractivity contribution in [2.75, 3.05) is 17.1 Å². The van der Waals surface area contributed by atoms with E-state index in [9.17, 15) is 18.5 Å². The molecule has 3 aromatic rings. The second-order valence-electron chi connectivity index (χ2n) is 5.76. The molecule has 9 heteroatoms. The van der Waals surface area contributed by atoms with Gasteiger partial charge in [0.25, 0.3) is 15.7 Å². The highest BCUT2D eigenvalue weighted by Crippen LogP contribution is 2.31. The fourth-order valence-corrected chi connectivity index (χ4v) is 3.56. The number of methoxy groups -OCH3 is 1. The van der Waals surface area contributed by atoms with Crippen molar-refractivity contribution in [1.82, 2.24) is 0 Å². The highest BCUT2D eigenvalue weighted by molar-refractivity contribution is 7.92. The van der Waals surface area contributed by atoms with Gasteiger partial charge in [0.2, 0.25) is 0 Å². The highest BCUT2D eigenvalue weighted by atomic mass is 32.2. The first-order chi connectivity index (χ1) is 13.4. The number of ether oxygens (including phenoxy) is 1. The molecule has 3 aromatic carbocycles. The summed E-state index contributed by atoms with van der Waals surface area (Å²) < 4.78 is 32.6. The summed E-state index contributed by atoms with van der Waals surface area (Å²) >= 11 is 0. The quantitative estimate of drug-likeness (QED) is 0.456. The summed E-state index contributed by atoms with van der Waals surface area (Å²) in [7, 11) is -2.43. The van der Waals surface area contributed by atoms with Crippen molar-refractivity contribution in [3.63, 3.8) is 0 Å². The molecule has 0 bridgehead atoms. The zero-order chi connectivity index (χ0) is 20.1. The maximum Gasteiger partial charge on any atom is 0.294 e. The molecular formula is C19H17N3O5S. The molecule has 0 atom stereocenters. The van der Waals surface area contributed by atoms with E-state index in [1.807, 2.05) is 0 Å². The Morgan fingerprint density at radius 2 is 1.61 bits per heavy atom. The molecule has 3 rings (SSSR count). The summed E-state index contributed by atoms with van der Waals surface area (Å²) in [5.41, 5.74) is 0.785. The lowest BCUT2D eigenvalue weighted by atomic mass is 10.2. The van der Waals surface area contributed by atoms with Crippen LogP contribution in [0.3, 0.4) is 0 Å². The third-order valence-corrected chi connectivity index (χ3v) is 5.25. The number of rotatable bonds is 7. The number of anilines is 3. The number of nitro groups is 1. The number of nitrogens with one attached hydrogen (secondary N) is 2. The second kappa shape index (κ2) is 7.97. The molecule has 0 radical (unpaired) electrons. The number of nitro benzene ring substituents is 1. The Balaban J connectivity index is 1.91. The van der Waals surface area contributed by atoms with Crippen molar-refractivity contribution in [3.05, 3.63) is 82.9 Å². The number of hydrogen-bond acceptors (Lipinski definition) is 6. The third kappa shape index (κ3) is 4.38. The van der Waals surface area contributed by atoms with E-state index in [-0.39, 0.29) is 16.3 Å². The fourth-order valence-electron chi connectivity index (χ4n) is 2.49. The van der Waals surface area contributed by atoms with Crippen LogP contribution in [-0.4, -0.2) is 20.5 Å². The monoisotopic (exact) mass is 399 g/mol. The Labute approximate surface area is 162 Å². The summed E-state index contributed by atoms with van der Waals surface area (Å²) in [6, 6.07) is 18.8. The highest BCUT2D eigenvalue weighted by Gasteiger charge is 2.21. The van der Waals surface area contributed by atoms with Gasteiger partial charge in [-0.1, -0.05) is 18.2 Å². The molecule has 2 N–H and O–H groups in total. The number of benzene rings is 3. The van der Waals surface area contributed by atoms with Crippen LogP contribution in [0.25, 0.3) is 0 Å². The molecule has 0 saturated heterocycles. The van der Waals surface area contributed by atoms with Gasteiger partial charge < -0.3 is 10.1 Å². The molecule has 0 aliphatic carbocycles. The van der Waals surface area contributed by atoms with Crippen LogP contribution in [0.15, 0.2) is 77.7 Å². The Morgan fingerprint density at radius 3 is 2.21 bits per heavy atom. The van der Waals surface area contributed by atoms with Crippen molar-refractivity contribution in [1.29, 1.82) is 0 Å². The summed E-state index contributed by atoms with van der Waals surface area (Å²) in [5, 5.41) is 14.4. The third-order valence-electron chi connectivity index (χ3n) is 3.87. The average molecular weight is 399 g/mol. The molecule has 0 unspecified atom stereocenters. The van der Waals surface area contributed by atoms with Crippen LogP contribution in [-0.2, 0) is 10.0 Å². The van der Waals surface area contributed by atoms with Crippen LogP contribution in [0.2, 0.25) is 0 Å². The zero-order valence-electron chi connectivity index (χ0n) is 14.8. The predicted octanol–water partition coefficient (Wildman–Crippen LogP) is 4.15. The lowest BCUT2D eigenvalue weighted by Gasteiger charge is -2.11. The summed E-state index contributed by atoms with van der Waals surface area (Å²) in [5.74, 6) is 0.647. The Kier molecular flexibility index (Phi) is 5.46. The van der Waals surface area contributed by atoms with Gasteiger partial charge in [0.15, 0.2) is 0 Å². The van der Waals surface area contributed by atoms with Crippen LogP contribution in [0, 0.1) is 10.1 Å².